The maximum atomic E-state index is 11.5. The maximum absolute atomic E-state index is 11.5. The summed E-state index contributed by atoms with van der Waals surface area (Å²) < 4.78 is 0. The van der Waals surface area contributed by atoms with Crippen molar-refractivity contribution in [2.45, 2.75) is 45.1 Å². The molecular weight excluding hydrogens is 226 g/mol. The highest BCUT2D eigenvalue weighted by molar-refractivity contribution is 5.77. The number of likely N-dealkylation sites (tertiary alicyclic amines) is 1. The summed E-state index contributed by atoms with van der Waals surface area (Å²) in [7, 11) is 0. The fourth-order valence-electron chi connectivity index (χ4n) is 2.66. The summed E-state index contributed by atoms with van der Waals surface area (Å²) in [6, 6.07) is 0.896. The summed E-state index contributed by atoms with van der Waals surface area (Å²) in [6.07, 6.45) is 6.30. The van der Waals surface area contributed by atoms with Gasteiger partial charge in [0.2, 0.25) is 5.91 Å². The van der Waals surface area contributed by atoms with Gasteiger partial charge in [-0.05, 0) is 44.7 Å². The number of amides is 1. The first-order chi connectivity index (χ1) is 8.79. The minimum atomic E-state index is 0.139. The number of nitrogens with one attached hydrogen (secondary N) is 2. The molecule has 1 saturated heterocycles. The van der Waals surface area contributed by atoms with Crippen LogP contribution in [0.3, 0.4) is 0 Å². The van der Waals surface area contributed by atoms with Crippen molar-refractivity contribution < 1.29 is 4.79 Å². The van der Waals surface area contributed by atoms with Crippen molar-refractivity contribution in [3.8, 4) is 0 Å². The number of carbonyl (C=O) groups excluding carboxylic acids is 1. The van der Waals surface area contributed by atoms with E-state index in [0.717, 1.165) is 37.9 Å². The van der Waals surface area contributed by atoms with E-state index >= 15 is 0 Å². The lowest BCUT2D eigenvalue weighted by atomic mass is 10.1. The van der Waals surface area contributed by atoms with Crippen LogP contribution in [0.2, 0.25) is 0 Å². The molecular formula is C14H27N3O. The van der Waals surface area contributed by atoms with Gasteiger partial charge in [0.05, 0.1) is 6.54 Å². The van der Waals surface area contributed by atoms with E-state index in [0.29, 0.717) is 6.54 Å². The van der Waals surface area contributed by atoms with E-state index in [1.165, 1.54) is 32.4 Å². The van der Waals surface area contributed by atoms with Gasteiger partial charge in [-0.3, -0.25) is 4.79 Å². The molecule has 104 valence electrons. The first-order valence-electron chi connectivity index (χ1n) is 7.51. The largest absolute Gasteiger partial charge is 0.355 e. The molecule has 1 saturated carbocycles. The molecule has 0 aromatic carbocycles. The van der Waals surface area contributed by atoms with Crippen molar-refractivity contribution in [2.75, 3.05) is 32.7 Å². The molecule has 0 aromatic heterocycles. The zero-order chi connectivity index (χ0) is 12.8. The molecule has 1 atom stereocenters. The molecule has 0 bridgehead atoms. The third-order valence-electron chi connectivity index (χ3n) is 3.95. The Morgan fingerprint density at radius 3 is 2.89 bits per heavy atom. The molecule has 2 aliphatic rings. The molecule has 18 heavy (non-hydrogen) atoms. The number of hydrogen-bond acceptors (Lipinski definition) is 3. The van der Waals surface area contributed by atoms with Crippen molar-refractivity contribution in [3.05, 3.63) is 0 Å². The van der Waals surface area contributed by atoms with Crippen LogP contribution in [-0.2, 0) is 4.79 Å². The van der Waals surface area contributed by atoms with Crippen molar-refractivity contribution in [1.29, 1.82) is 0 Å². The average molecular weight is 253 g/mol. The van der Waals surface area contributed by atoms with Crippen LogP contribution in [0.1, 0.15) is 39.0 Å². The van der Waals surface area contributed by atoms with Crippen molar-refractivity contribution in [2.24, 2.45) is 5.92 Å². The predicted octanol–water partition coefficient (Wildman–Crippen LogP) is 0.977. The van der Waals surface area contributed by atoms with Crippen LogP contribution in [0.25, 0.3) is 0 Å². The Kier molecular flexibility index (Phi) is 5.45. The van der Waals surface area contributed by atoms with E-state index < -0.39 is 0 Å². The second-order valence-corrected chi connectivity index (χ2v) is 5.72. The van der Waals surface area contributed by atoms with Gasteiger partial charge in [-0.2, -0.15) is 0 Å². The summed E-state index contributed by atoms with van der Waals surface area (Å²) >= 11 is 0. The van der Waals surface area contributed by atoms with Gasteiger partial charge >= 0.3 is 0 Å². The normalized spacial score (nSPS) is 24.4. The Balaban J connectivity index is 1.49. The van der Waals surface area contributed by atoms with Crippen LogP contribution >= 0.6 is 0 Å². The average Bonchev–Trinajstić information content (AvgIpc) is 3.10. The Morgan fingerprint density at radius 2 is 2.17 bits per heavy atom. The molecule has 1 heterocycles. The third kappa shape index (κ3) is 4.58. The van der Waals surface area contributed by atoms with Gasteiger partial charge in [-0.25, -0.2) is 0 Å². The maximum Gasteiger partial charge on any atom is 0.233 e. The highest BCUT2D eigenvalue weighted by Gasteiger charge is 2.33. The minimum Gasteiger partial charge on any atom is -0.355 e. The van der Waals surface area contributed by atoms with E-state index in [1.807, 2.05) is 0 Å². The number of nitrogens with zero attached hydrogens (tertiary/aromatic N) is 1. The van der Waals surface area contributed by atoms with Crippen LogP contribution < -0.4 is 10.6 Å². The fourth-order valence-corrected chi connectivity index (χ4v) is 2.66. The van der Waals surface area contributed by atoms with Crippen LogP contribution in [0, 0.1) is 5.92 Å². The summed E-state index contributed by atoms with van der Waals surface area (Å²) in [5, 5.41) is 6.23. The molecule has 4 heteroatoms. The van der Waals surface area contributed by atoms with Gasteiger partial charge in [0.1, 0.15) is 0 Å². The molecule has 4 nitrogen and oxygen atoms in total. The van der Waals surface area contributed by atoms with Gasteiger partial charge in [-0.15, -0.1) is 0 Å². The lowest BCUT2D eigenvalue weighted by Gasteiger charge is -2.15. The first-order valence-corrected chi connectivity index (χ1v) is 7.51. The molecule has 1 aliphatic heterocycles. The Morgan fingerprint density at radius 1 is 1.33 bits per heavy atom. The molecule has 1 amide bonds. The van der Waals surface area contributed by atoms with Gasteiger partial charge < -0.3 is 15.5 Å². The van der Waals surface area contributed by atoms with E-state index in [1.54, 1.807) is 0 Å². The lowest BCUT2D eigenvalue weighted by Crippen LogP contribution is -2.37. The molecule has 1 unspecified atom stereocenters. The minimum absolute atomic E-state index is 0.139. The van der Waals surface area contributed by atoms with Crippen molar-refractivity contribution in [3.63, 3.8) is 0 Å². The zero-order valence-corrected chi connectivity index (χ0v) is 11.6. The summed E-state index contributed by atoms with van der Waals surface area (Å²) in [5.74, 6) is 0.884. The third-order valence-corrected chi connectivity index (χ3v) is 3.95. The molecule has 2 rings (SSSR count). The standard InChI is InChI=1S/C14H27N3O/c1-2-3-7-16-14(18)10-15-9-12-6-8-17(11-12)13-4-5-13/h12-13,15H,2-11H2,1H3,(H,16,18). The molecule has 0 spiro atoms. The summed E-state index contributed by atoms with van der Waals surface area (Å²) in [4.78, 5) is 14.1. The lowest BCUT2D eigenvalue weighted by molar-refractivity contribution is -0.120. The quantitative estimate of drug-likeness (QED) is 0.634. The van der Waals surface area contributed by atoms with Gasteiger partial charge in [0, 0.05) is 19.1 Å². The van der Waals surface area contributed by atoms with Crippen LogP contribution in [-0.4, -0.2) is 49.6 Å². The Hall–Kier alpha value is -0.610. The van der Waals surface area contributed by atoms with Crippen LogP contribution in [0.4, 0.5) is 0 Å². The Labute approximate surface area is 110 Å². The zero-order valence-electron chi connectivity index (χ0n) is 11.6. The summed E-state index contributed by atoms with van der Waals surface area (Å²) in [6.45, 7) is 6.91. The van der Waals surface area contributed by atoms with E-state index in [9.17, 15) is 4.79 Å². The first kappa shape index (κ1) is 13.8. The fraction of sp³-hybridized carbons (Fsp3) is 0.929. The van der Waals surface area contributed by atoms with E-state index in [2.05, 4.69) is 22.5 Å². The SMILES string of the molecule is CCCCNC(=O)CNCC1CCN(C2CC2)C1. The predicted molar refractivity (Wildman–Crippen MR) is 73.5 cm³/mol. The Bertz CT molecular complexity index is 266. The molecule has 1 aliphatic carbocycles. The second kappa shape index (κ2) is 7.10. The topological polar surface area (TPSA) is 44.4 Å². The van der Waals surface area contributed by atoms with Crippen molar-refractivity contribution in [1.82, 2.24) is 15.5 Å². The number of rotatable bonds is 8. The second-order valence-electron chi connectivity index (χ2n) is 5.72. The van der Waals surface area contributed by atoms with E-state index in [4.69, 9.17) is 0 Å². The van der Waals surface area contributed by atoms with Gasteiger partial charge in [-0.1, -0.05) is 13.3 Å². The smallest absolute Gasteiger partial charge is 0.233 e. The molecule has 2 fully saturated rings. The van der Waals surface area contributed by atoms with Gasteiger partial charge in [0.15, 0.2) is 0 Å². The monoisotopic (exact) mass is 253 g/mol. The number of hydrogen-bond donors (Lipinski definition) is 2. The number of unbranched alkanes of at least 4 members (excludes halogenated alkanes) is 1. The molecule has 2 N–H and O–H groups in total. The van der Waals surface area contributed by atoms with Gasteiger partial charge in [0.25, 0.3) is 0 Å². The van der Waals surface area contributed by atoms with Crippen molar-refractivity contribution >= 4 is 5.91 Å². The summed E-state index contributed by atoms with van der Waals surface area (Å²) in [5.41, 5.74) is 0. The number of carbonyl (C=O) groups is 1. The molecule has 0 radical (unpaired) electrons. The van der Waals surface area contributed by atoms with Crippen LogP contribution in [0.5, 0.6) is 0 Å². The van der Waals surface area contributed by atoms with Crippen LogP contribution in [0.15, 0.2) is 0 Å². The molecule has 0 aromatic rings. The highest BCUT2D eigenvalue weighted by Crippen LogP contribution is 2.31. The van der Waals surface area contributed by atoms with E-state index in [-0.39, 0.29) is 5.91 Å². The highest BCUT2D eigenvalue weighted by atomic mass is 16.1.